The van der Waals surface area contributed by atoms with E-state index >= 15 is 0 Å². The van der Waals surface area contributed by atoms with Crippen LogP contribution in [0.1, 0.15) is 84.5 Å². The maximum atomic E-state index is 13.8. The molecule has 3 rings (SSSR count). The van der Waals surface area contributed by atoms with Crippen molar-refractivity contribution in [3.63, 3.8) is 0 Å². The van der Waals surface area contributed by atoms with Crippen LogP contribution in [-0.4, -0.2) is 35.2 Å². The zero-order valence-electron chi connectivity index (χ0n) is 23.1. The molecule has 0 aliphatic heterocycles. The molecule has 214 valence electrons. The molecule has 0 bridgehead atoms. The van der Waals surface area contributed by atoms with Crippen LogP contribution in [0.25, 0.3) is 0 Å². The highest BCUT2D eigenvalue weighted by Gasteiger charge is 2.23. The van der Waals surface area contributed by atoms with Crippen LogP contribution in [0.2, 0.25) is 0 Å². The Labute approximate surface area is 253 Å². The highest BCUT2D eigenvalue weighted by Crippen LogP contribution is 2.42. The molecule has 0 unspecified atom stereocenters. The zero-order chi connectivity index (χ0) is 29.2. The van der Waals surface area contributed by atoms with Gasteiger partial charge in [0.25, 0.3) is 0 Å². The molecule has 0 aromatic heterocycles. The van der Waals surface area contributed by atoms with E-state index in [0.29, 0.717) is 49.5 Å². The maximum absolute atomic E-state index is 13.8. The summed E-state index contributed by atoms with van der Waals surface area (Å²) in [6.07, 6.45) is 4.62. The van der Waals surface area contributed by atoms with Gasteiger partial charge in [-0.1, -0.05) is 56.9 Å². The van der Waals surface area contributed by atoms with Crippen LogP contribution in [-0.2, 0) is 11.2 Å². The van der Waals surface area contributed by atoms with E-state index in [2.05, 4.69) is 45.7 Å². The second-order valence-corrected chi connectivity index (χ2v) is 11.8. The summed E-state index contributed by atoms with van der Waals surface area (Å²) in [6, 6.07) is 14.5. The Morgan fingerprint density at radius 2 is 1.57 bits per heavy atom. The second-order valence-electron chi connectivity index (χ2n) is 10.1. The van der Waals surface area contributed by atoms with Gasteiger partial charge >= 0.3 is 5.97 Å². The molecule has 0 amide bonds. The first-order chi connectivity index (χ1) is 19.1. The van der Waals surface area contributed by atoms with Gasteiger partial charge < -0.3 is 19.7 Å². The molecule has 0 spiro atoms. The standard InChI is InChI=1S/C32H36Br2O6/c1-20(2)24-18-29(40-32-26(33)15-22(16-27(32)34)17-30(36)37)25(31(38)23-11-9-10-21(3)14-23)19-28(24)39-13-8-6-4-5-7-12-35/h9-11,14-16,18-20,35H,4-8,12-13,17H2,1-3H3,(H,36,37). The molecule has 0 aliphatic carbocycles. The van der Waals surface area contributed by atoms with Crippen LogP contribution in [0.5, 0.6) is 17.2 Å². The first-order valence-electron chi connectivity index (χ1n) is 13.5. The summed E-state index contributed by atoms with van der Waals surface area (Å²) in [6.45, 7) is 6.82. The third kappa shape index (κ3) is 8.91. The summed E-state index contributed by atoms with van der Waals surface area (Å²) in [5.41, 5.74) is 3.43. The predicted octanol–water partition coefficient (Wildman–Crippen LogP) is 8.62. The van der Waals surface area contributed by atoms with Crippen molar-refractivity contribution in [2.24, 2.45) is 0 Å². The van der Waals surface area contributed by atoms with Gasteiger partial charge in [0.1, 0.15) is 11.5 Å². The molecule has 3 aromatic carbocycles. The third-order valence-corrected chi connectivity index (χ3v) is 7.62. The highest BCUT2D eigenvalue weighted by molar-refractivity contribution is 9.11. The van der Waals surface area contributed by atoms with Crippen molar-refractivity contribution in [1.29, 1.82) is 0 Å². The first kappa shape index (κ1) is 31.8. The SMILES string of the molecule is Cc1cccc(C(=O)c2cc(OCCCCCCCO)c(C(C)C)cc2Oc2c(Br)cc(CC(=O)O)cc2Br)c1. The average Bonchev–Trinajstić information content (AvgIpc) is 2.89. The number of carboxylic acid groups (broad SMARTS) is 1. The molecule has 6 nitrogen and oxygen atoms in total. The summed E-state index contributed by atoms with van der Waals surface area (Å²) in [5, 5.41) is 18.2. The second kappa shape index (κ2) is 15.4. The van der Waals surface area contributed by atoms with Gasteiger partial charge in [-0.3, -0.25) is 9.59 Å². The van der Waals surface area contributed by atoms with Crippen LogP contribution in [0.3, 0.4) is 0 Å². The quantitative estimate of drug-likeness (QED) is 0.124. The lowest BCUT2D eigenvalue weighted by molar-refractivity contribution is -0.136. The monoisotopic (exact) mass is 674 g/mol. The Hall–Kier alpha value is -2.68. The van der Waals surface area contributed by atoms with Gasteiger partial charge in [-0.05, 0) is 93.4 Å². The molecule has 0 aliphatic rings. The average molecular weight is 676 g/mol. The van der Waals surface area contributed by atoms with Gasteiger partial charge in [-0.2, -0.15) is 0 Å². The van der Waals surface area contributed by atoms with Crippen molar-refractivity contribution in [3.05, 3.63) is 85.3 Å². The minimum absolute atomic E-state index is 0.106. The summed E-state index contributed by atoms with van der Waals surface area (Å²) >= 11 is 7.03. The fraction of sp³-hybridized carbons (Fsp3) is 0.375. The van der Waals surface area contributed by atoms with Gasteiger partial charge in [0, 0.05) is 17.7 Å². The molecule has 0 atom stereocenters. The summed E-state index contributed by atoms with van der Waals surface area (Å²) in [5.74, 6) is 0.481. The zero-order valence-corrected chi connectivity index (χ0v) is 26.3. The number of unbranched alkanes of at least 4 members (excludes halogenated alkanes) is 4. The summed E-state index contributed by atoms with van der Waals surface area (Å²) in [7, 11) is 0. The minimum Gasteiger partial charge on any atom is -0.493 e. The Morgan fingerprint density at radius 1 is 0.900 bits per heavy atom. The van der Waals surface area contributed by atoms with E-state index in [9.17, 15) is 14.7 Å². The van der Waals surface area contributed by atoms with E-state index in [0.717, 1.165) is 43.2 Å². The number of halogens is 2. The summed E-state index contributed by atoms with van der Waals surface area (Å²) < 4.78 is 13.8. The molecule has 2 N–H and O–H groups in total. The number of aliphatic hydroxyl groups excluding tert-OH is 1. The Balaban J connectivity index is 2.01. The molecular weight excluding hydrogens is 640 g/mol. The van der Waals surface area contributed by atoms with Gasteiger partial charge in [0.05, 0.1) is 27.5 Å². The number of aryl methyl sites for hydroxylation is 1. The van der Waals surface area contributed by atoms with Crippen molar-refractivity contribution in [1.82, 2.24) is 0 Å². The fourth-order valence-corrected chi connectivity index (χ4v) is 5.82. The number of aliphatic hydroxyl groups is 1. The normalized spacial score (nSPS) is 11.1. The van der Waals surface area contributed by atoms with E-state index < -0.39 is 5.97 Å². The summed E-state index contributed by atoms with van der Waals surface area (Å²) in [4.78, 5) is 25.0. The molecule has 0 saturated carbocycles. The largest absolute Gasteiger partial charge is 0.493 e. The highest BCUT2D eigenvalue weighted by atomic mass is 79.9. The van der Waals surface area contributed by atoms with Gasteiger partial charge in [0.2, 0.25) is 0 Å². The molecule has 0 fully saturated rings. The van der Waals surface area contributed by atoms with Crippen LogP contribution >= 0.6 is 31.9 Å². The number of hydrogen-bond acceptors (Lipinski definition) is 5. The number of hydrogen-bond donors (Lipinski definition) is 2. The topological polar surface area (TPSA) is 93.1 Å². The van der Waals surface area contributed by atoms with Gasteiger partial charge in [0.15, 0.2) is 11.5 Å². The molecule has 40 heavy (non-hydrogen) atoms. The van der Waals surface area contributed by atoms with Crippen LogP contribution < -0.4 is 9.47 Å². The number of rotatable bonds is 15. The number of carbonyl (C=O) groups excluding carboxylic acids is 1. The molecule has 0 heterocycles. The lowest BCUT2D eigenvalue weighted by Gasteiger charge is -2.20. The molecular formula is C32H36Br2O6. The van der Waals surface area contributed by atoms with Crippen molar-refractivity contribution in [3.8, 4) is 17.2 Å². The molecule has 0 saturated heterocycles. The first-order valence-corrected chi connectivity index (χ1v) is 15.1. The number of ketones is 1. The lowest BCUT2D eigenvalue weighted by atomic mass is 9.95. The number of carbonyl (C=O) groups is 2. The smallest absolute Gasteiger partial charge is 0.307 e. The Morgan fingerprint density at radius 3 is 2.20 bits per heavy atom. The van der Waals surface area contributed by atoms with Crippen LogP contribution in [0, 0.1) is 6.92 Å². The van der Waals surface area contributed by atoms with Crippen molar-refractivity contribution < 1.29 is 29.3 Å². The van der Waals surface area contributed by atoms with E-state index in [1.165, 1.54) is 0 Å². The third-order valence-electron chi connectivity index (χ3n) is 6.44. The van der Waals surface area contributed by atoms with Gasteiger partial charge in [-0.15, -0.1) is 0 Å². The Kier molecular flexibility index (Phi) is 12.2. The number of benzene rings is 3. The molecule has 0 radical (unpaired) electrons. The van der Waals surface area contributed by atoms with E-state index in [4.69, 9.17) is 14.6 Å². The Bertz CT molecular complexity index is 1310. The fourth-order valence-electron chi connectivity index (χ4n) is 4.38. The van der Waals surface area contributed by atoms with Crippen LogP contribution in [0.15, 0.2) is 57.5 Å². The minimum atomic E-state index is -0.930. The van der Waals surface area contributed by atoms with E-state index in [1.807, 2.05) is 31.2 Å². The van der Waals surface area contributed by atoms with Crippen molar-refractivity contribution >= 4 is 43.6 Å². The lowest BCUT2D eigenvalue weighted by Crippen LogP contribution is -2.09. The van der Waals surface area contributed by atoms with E-state index in [1.54, 1.807) is 24.3 Å². The number of aliphatic carboxylic acids is 1. The maximum Gasteiger partial charge on any atom is 0.307 e. The van der Waals surface area contributed by atoms with Crippen molar-refractivity contribution in [2.45, 2.75) is 65.2 Å². The van der Waals surface area contributed by atoms with E-state index in [-0.39, 0.29) is 24.7 Å². The molecule has 8 heteroatoms. The van der Waals surface area contributed by atoms with Crippen molar-refractivity contribution in [2.75, 3.05) is 13.2 Å². The number of ether oxygens (including phenoxy) is 2. The molecule has 3 aromatic rings. The number of carboxylic acids is 1. The van der Waals surface area contributed by atoms with Gasteiger partial charge in [-0.25, -0.2) is 0 Å². The predicted molar refractivity (Wildman–Crippen MR) is 164 cm³/mol. The van der Waals surface area contributed by atoms with Crippen LogP contribution in [0.4, 0.5) is 0 Å².